The van der Waals surface area contributed by atoms with E-state index in [4.69, 9.17) is 0 Å². The van der Waals surface area contributed by atoms with Gasteiger partial charge >= 0.3 is 11.7 Å². The predicted molar refractivity (Wildman–Crippen MR) is 54.4 cm³/mol. The molecule has 0 aromatic rings. The Bertz CT molecular complexity index is 380. The van der Waals surface area contributed by atoms with E-state index in [-0.39, 0.29) is 0 Å². The van der Waals surface area contributed by atoms with E-state index in [1.54, 1.807) is 0 Å². The number of nitro groups is 1. The first kappa shape index (κ1) is 14.9. The third-order valence-electron chi connectivity index (χ3n) is 3.71. The zero-order valence-electron chi connectivity index (χ0n) is 9.95. The second-order valence-corrected chi connectivity index (χ2v) is 5.01. The summed E-state index contributed by atoms with van der Waals surface area (Å²) in [7, 11) is 0. The van der Waals surface area contributed by atoms with E-state index < -0.39 is 53.2 Å². The highest BCUT2D eigenvalue weighted by Crippen LogP contribution is 2.49. The van der Waals surface area contributed by atoms with E-state index in [1.807, 2.05) is 0 Å². The minimum atomic E-state index is -5.04. The summed E-state index contributed by atoms with van der Waals surface area (Å²) in [6.45, 7) is 2.27. The van der Waals surface area contributed by atoms with Gasteiger partial charge in [0.2, 0.25) is 0 Å². The molecule has 18 heavy (non-hydrogen) atoms. The van der Waals surface area contributed by atoms with Crippen molar-refractivity contribution < 1.29 is 28.0 Å². The van der Waals surface area contributed by atoms with Gasteiger partial charge < -0.3 is 5.11 Å². The molecule has 104 valence electrons. The largest absolute Gasteiger partial charge is 0.460 e. The van der Waals surface area contributed by atoms with Gasteiger partial charge in [0.05, 0.1) is 11.5 Å². The summed E-state index contributed by atoms with van der Waals surface area (Å²) in [5.74, 6) is -2.05. The average Bonchev–Trinajstić information content (AvgIpc) is 2.14. The molecule has 1 aliphatic carbocycles. The molecular weight excluding hydrogens is 255 g/mol. The number of rotatable bonds is 2. The number of carbonyl (C=O) groups is 1. The Balaban J connectivity index is 3.20. The van der Waals surface area contributed by atoms with Crippen LogP contribution in [-0.2, 0) is 4.79 Å². The fraction of sp³-hybridized carbons (Fsp3) is 0.900. The third-order valence-corrected chi connectivity index (χ3v) is 3.71. The van der Waals surface area contributed by atoms with E-state index in [2.05, 4.69) is 0 Å². The number of carbonyl (C=O) groups excluding carboxylic acids is 1. The van der Waals surface area contributed by atoms with Crippen LogP contribution >= 0.6 is 0 Å². The second-order valence-electron chi connectivity index (χ2n) is 5.01. The van der Waals surface area contributed by atoms with E-state index >= 15 is 0 Å². The number of halogens is 3. The number of Topliss-reactive ketones (excluding diaryl/α,β-unsaturated/α-hetero) is 1. The number of alkyl halides is 3. The highest BCUT2D eigenvalue weighted by molar-refractivity contribution is 5.79. The zero-order chi connectivity index (χ0) is 14.4. The summed E-state index contributed by atoms with van der Waals surface area (Å²) in [6, 6.07) is 0. The molecule has 8 heteroatoms. The Kier molecular flexibility index (Phi) is 3.46. The Morgan fingerprint density at radius 2 is 1.94 bits per heavy atom. The maximum atomic E-state index is 12.9. The molecule has 0 spiro atoms. The molecule has 0 aromatic heterocycles. The molecule has 1 fully saturated rings. The van der Waals surface area contributed by atoms with E-state index in [0.29, 0.717) is 0 Å². The maximum Gasteiger partial charge on any atom is 0.460 e. The van der Waals surface area contributed by atoms with Gasteiger partial charge in [-0.1, -0.05) is 0 Å². The van der Waals surface area contributed by atoms with Crippen LogP contribution in [0.4, 0.5) is 13.2 Å². The summed E-state index contributed by atoms with van der Waals surface area (Å²) in [5, 5.41) is 20.7. The van der Waals surface area contributed by atoms with Crippen molar-refractivity contribution >= 4 is 5.78 Å². The monoisotopic (exact) mass is 269 g/mol. The topological polar surface area (TPSA) is 80.4 Å². The molecule has 0 radical (unpaired) electrons. The fourth-order valence-electron chi connectivity index (χ4n) is 2.40. The van der Waals surface area contributed by atoms with Gasteiger partial charge in [-0.25, -0.2) is 0 Å². The van der Waals surface area contributed by atoms with Crippen molar-refractivity contribution in [2.75, 3.05) is 0 Å². The quantitative estimate of drug-likeness (QED) is 0.611. The summed E-state index contributed by atoms with van der Waals surface area (Å²) < 4.78 is 38.7. The van der Waals surface area contributed by atoms with Gasteiger partial charge in [-0.2, -0.15) is 13.2 Å². The standard InChI is InChI=1S/C10H14F3NO4/c1-6(15)7-5-9(14(17)18,10(11,12)13)4-3-8(7,2)16/h7,16H,3-5H2,1-2H3. The van der Waals surface area contributed by atoms with Gasteiger partial charge in [0, 0.05) is 17.8 Å². The van der Waals surface area contributed by atoms with Crippen molar-refractivity contribution in [3.05, 3.63) is 10.1 Å². The number of nitrogens with zero attached hydrogens (tertiary/aromatic N) is 1. The van der Waals surface area contributed by atoms with Crippen LogP contribution in [0.2, 0.25) is 0 Å². The summed E-state index contributed by atoms with van der Waals surface area (Å²) >= 11 is 0. The lowest BCUT2D eigenvalue weighted by Gasteiger charge is -2.42. The first-order valence-electron chi connectivity index (χ1n) is 5.38. The Morgan fingerprint density at radius 1 is 1.44 bits per heavy atom. The number of aliphatic hydroxyl groups is 1. The van der Waals surface area contributed by atoms with Gasteiger partial charge in [-0.3, -0.25) is 14.9 Å². The van der Waals surface area contributed by atoms with Crippen LogP contribution in [0.5, 0.6) is 0 Å². The highest BCUT2D eigenvalue weighted by Gasteiger charge is 2.69. The van der Waals surface area contributed by atoms with E-state index in [9.17, 15) is 33.2 Å². The molecule has 0 bridgehead atoms. The van der Waals surface area contributed by atoms with Crippen LogP contribution in [-0.4, -0.2) is 33.1 Å². The molecule has 3 atom stereocenters. The van der Waals surface area contributed by atoms with Crippen molar-refractivity contribution in [3.63, 3.8) is 0 Å². The van der Waals surface area contributed by atoms with Gasteiger partial charge in [0.25, 0.3) is 0 Å². The zero-order valence-corrected chi connectivity index (χ0v) is 9.95. The van der Waals surface area contributed by atoms with Gasteiger partial charge in [-0.15, -0.1) is 0 Å². The lowest BCUT2D eigenvalue weighted by atomic mass is 9.66. The molecule has 1 aliphatic rings. The molecule has 0 aromatic carbocycles. The molecule has 3 unspecified atom stereocenters. The van der Waals surface area contributed by atoms with E-state index in [0.717, 1.165) is 6.92 Å². The number of hydrogen-bond donors (Lipinski definition) is 1. The van der Waals surface area contributed by atoms with Crippen molar-refractivity contribution in [1.82, 2.24) is 0 Å². The predicted octanol–water partition coefficient (Wildman–Crippen LogP) is 1.70. The molecule has 1 N–H and O–H groups in total. The van der Waals surface area contributed by atoms with Crippen LogP contribution in [0.25, 0.3) is 0 Å². The normalized spacial score (nSPS) is 37.3. The molecule has 5 nitrogen and oxygen atoms in total. The van der Waals surface area contributed by atoms with Crippen molar-refractivity contribution in [2.45, 2.75) is 50.4 Å². The Labute approximate surface area is 101 Å². The molecular formula is C10H14F3NO4. The SMILES string of the molecule is CC(=O)C1CC([N+](=O)[O-])(C(F)(F)F)CCC1(C)O. The average molecular weight is 269 g/mol. The first-order valence-corrected chi connectivity index (χ1v) is 5.38. The van der Waals surface area contributed by atoms with Crippen LogP contribution in [0, 0.1) is 16.0 Å². The fourth-order valence-corrected chi connectivity index (χ4v) is 2.40. The minimum absolute atomic E-state index is 0.433. The lowest BCUT2D eigenvalue weighted by Crippen LogP contribution is -2.60. The Hall–Kier alpha value is -1.18. The number of hydrogen-bond acceptors (Lipinski definition) is 4. The first-order chi connectivity index (χ1) is 7.94. The maximum absolute atomic E-state index is 12.9. The Morgan fingerprint density at radius 3 is 2.28 bits per heavy atom. The summed E-state index contributed by atoms with van der Waals surface area (Å²) in [4.78, 5) is 20.7. The third kappa shape index (κ3) is 2.21. The second kappa shape index (κ2) is 4.18. The molecule has 0 heterocycles. The van der Waals surface area contributed by atoms with Gasteiger partial charge in [0.1, 0.15) is 5.78 Å². The van der Waals surface area contributed by atoms with Crippen LogP contribution in [0.15, 0.2) is 0 Å². The highest BCUT2D eigenvalue weighted by atomic mass is 19.4. The van der Waals surface area contributed by atoms with Crippen LogP contribution in [0.3, 0.4) is 0 Å². The van der Waals surface area contributed by atoms with Crippen LogP contribution < -0.4 is 0 Å². The lowest BCUT2D eigenvalue weighted by molar-refractivity contribution is -0.620. The molecule has 1 rings (SSSR count). The molecule has 0 aliphatic heterocycles. The summed E-state index contributed by atoms with van der Waals surface area (Å²) in [5.41, 5.74) is -4.76. The minimum Gasteiger partial charge on any atom is -0.389 e. The molecule has 0 saturated heterocycles. The number of ketones is 1. The molecule has 0 amide bonds. The van der Waals surface area contributed by atoms with E-state index in [1.165, 1.54) is 6.92 Å². The van der Waals surface area contributed by atoms with Gasteiger partial charge in [-0.05, 0) is 20.3 Å². The van der Waals surface area contributed by atoms with Crippen molar-refractivity contribution in [1.29, 1.82) is 0 Å². The van der Waals surface area contributed by atoms with Crippen molar-refractivity contribution in [3.8, 4) is 0 Å². The van der Waals surface area contributed by atoms with Crippen molar-refractivity contribution in [2.24, 2.45) is 5.92 Å². The van der Waals surface area contributed by atoms with Gasteiger partial charge in [0.15, 0.2) is 0 Å². The summed E-state index contributed by atoms with van der Waals surface area (Å²) in [6.07, 6.45) is -7.30. The molecule has 1 saturated carbocycles. The van der Waals surface area contributed by atoms with Crippen LogP contribution in [0.1, 0.15) is 33.1 Å². The smallest absolute Gasteiger partial charge is 0.389 e.